The van der Waals surface area contributed by atoms with E-state index in [1.807, 2.05) is 22.9 Å². The standard InChI is InChI=1S/C19H22N4S2/c1-15-7-5-11-21(13-15)14-22-19(24)23(16-8-3-2-4-9-16)18(20-22)17-10-6-12-25-17/h2-4,6,8-10,12,15H,5,7,11,13-14H2,1H3/t15-/m1/s1. The van der Waals surface area contributed by atoms with E-state index in [1.54, 1.807) is 11.3 Å². The van der Waals surface area contributed by atoms with Gasteiger partial charge < -0.3 is 0 Å². The fourth-order valence-electron chi connectivity index (χ4n) is 3.48. The van der Waals surface area contributed by atoms with E-state index >= 15 is 0 Å². The van der Waals surface area contributed by atoms with Gasteiger partial charge in [0.05, 0.1) is 11.5 Å². The van der Waals surface area contributed by atoms with Crippen LogP contribution in [0.2, 0.25) is 0 Å². The first-order valence-corrected chi connectivity index (χ1v) is 10.0. The van der Waals surface area contributed by atoms with Crippen LogP contribution in [0.4, 0.5) is 0 Å². The summed E-state index contributed by atoms with van der Waals surface area (Å²) in [4.78, 5) is 3.60. The lowest BCUT2D eigenvalue weighted by Crippen LogP contribution is -2.36. The molecule has 3 heterocycles. The van der Waals surface area contributed by atoms with Crippen molar-refractivity contribution in [1.82, 2.24) is 19.2 Å². The molecule has 2 aromatic heterocycles. The Balaban J connectivity index is 1.75. The predicted molar refractivity (Wildman–Crippen MR) is 106 cm³/mol. The number of aromatic nitrogens is 3. The Morgan fingerprint density at radius 2 is 2.04 bits per heavy atom. The van der Waals surface area contributed by atoms with E-state index < -0.39 is 0 Å². The monoisotopic (exact) mass is 370 g/mol. The lowest BCUT2D eigenvalue weighted by Gasteiger charge is -2.30. The molecule has 3 aromatic rings. The van der Waals surface area contributed by atoms with Gasteiger partial charge in [0.15, 0.2) is 5.82 Å². The van der Waals surface area contributed by atoms with Crippen LogP contribution in [0, 0.1) is 10.7 Å². The number of likely N-dealkylation sites (tertiary alicyclic amines) is 1. The highest BCUT2D eigenvalue weighted by atomic mass is 32.1. The Bertz CT molecular complexity index is 880. The summed E-state index contributed by atoms with van der Waals surface area (Å²) in [5, 5.41) is 6.97. The summed E-state index contributed by atoms with van der Waals surface area (Å²) in [5.74, 6) is 1.67. The number of piperidine rings is 1. The summed E-state index contributed by atoms with van der Waals surface area (Å²) in [6.07, 6.45) is 2.58. The maximum absolute atomic E-state index is 5.81. The molecule has 4 nitrogen and oxygen atoms in total. The molecule has 0 aliphatic carbocycles. The van der Waals surface area contributed by atoms with Crippen LogP contribution in [-0.4, -0.2) is 32.3 Å². The van der Waals surface area contributed by atoms with Crippen molar-refractivity contribution in [3.8, 4) is 16.4 Å². The molecule has 0 bridgehead atoms. The second kappa shape index (κ2) is 7.23. The van der Waals surface area contributed by atoms with E-state index in [0.717, 1.165) is 46.8 Å². The lowest BCUT2D eigenvalue weighted by atomic mass is 10.0. The largest absolute Gasteiger partial charge is 0.284 e. The normalized spacial score (nSPS) is 18.5. The SMILES string of the molecule is C[C@@H]1CCCN(Cn2nc(-c3cccs3)n(-c3ccccc3)c2=S)C1. The zero-order valence-electron chi connectivity index (χ0n) is 14.3. The van der Waals surface area contributed by atoms with E-state index in [2.05, 4.69) is 46.0 Å². The summed E-state index contributed by atoms with van der Waals surface area (Å²) in [6, 6.07) is 14.4. The molecule has 25 heavy (non-hydrogen) atoms. The van der Waals surface area contributed by atoms with Crippen molar-refractivity contribution in [3.05, 3.63) is 52.6 Å². The Kier molecular flexibility index (Phi) is 4.83. The smallest absolute Gasteiger partial charge is 0.204 e. The van der Waals surface area contributed by atoms with Gasteiger partial charge in [-0.2, -0.15) is 0 Å². The van der Waals surface area contributed by atoms with Gasteiger partial charge in [-0.3, -0.25) is 9.47 Å². The molecule has 6 heteroatoms. The molecule has 1 aliphatic heterocycles. The first-order chi connectivity index (χ1) is 12.2. The topological polar surface area (TPSA) is 26.0 Å². The second-order valence-electron chi connectivity index (χ2n) is 6.72. The van der Waals surface area contributed by atoms with Gasteiger partial charge in [0, 0.05) is 12.2 Å². The summed E-state index contributed by atoms with van der Waals surface area (Å²) < 4.78 is 4.83. The van der Waals surface area contributed by atoms with Gasteiger partial charge >= 0.3 is 0 Å². The van der Waals surface area contributed by atoms with E-state index in [1.165, 1.54) is 12.8 Å². The number of para-hydroxylation sites is 1. The highest BCUT2D eigenvalue weighted by Crippen LogP contribution is 2.27. The summed E-state index contributed by atoms with van der Waals surface area (Å²) in [6.45, 7) is 5.33. The molecular weight excluding hydrogens is 348 g/mol. The van der Waals surface area contributed by atoms with Crippen LogP contribution in [0.3, 0.4) is 0 Å². The molecule has 0 spiro atoms. The molecule has 1 fully saturated rings. The highest BCUT2D eigenvalue weighted by Gasteiger charge is 2.20. The average molecular weight is 371 g/mol. The maximum Gasteiger partial charge on any atom is 0.204 e. The van der Waals surface area contributed by atoms with E-state index in [4.69, 9.17) is 17.3 Å². The number of thiophene rings is 1. The third-order valence-electron chi connectivity index (χ3n) is 4.67. The molecule has 1 aliphatic rings. The van der Waals surface area contributed by atoms with Gasteiger partial charge in [0.2, 0.25) is 4.77 Å². The lowest BCUT2D eigenvalue weighted by molar-refractivity contribution is 0.138. The number of rotatable bonds is 4. The summed E-state index contributed by atoms with van der Waals surface area (Å²) in [5.41, 5.74) is 1.06. The number of nitrogens with zero attached hydrogens (tertiary/aromatic N) is 4. The van der Waals surface area contributed by atoms with Crippen LogP contribution in [0.15, 0.2) is 47.8 Å². The van der Waals surface area contributed by atoms with Gasteiger partial charge in [-0.1, -0.05) is 31.2 Å². The zero-order valence-corrected chi connectivity index (χ0v) is 16.0. The van der Waals surface area contributed by atoms with E-state index in [0.29, 0.717) is 0 Å². The summed E-state index contributed by atoms with van der Waals surface area (Å²) >= 11 is 7.50. The number of hydrogen-bond acceptors (Lipinski definition) is 4. The van der Waals surface area contributed by atoms with Gasteiger partial charge in [-0.05, 0) is 61.1 Å². The van der Waals surface area contributed by atoms with Crippen LogP contribution in [0.1, 0.15) is 19.8 Å². The quantitative estimate of drug-likeness (QED) is 0.616. The van der Waals surface area contributed by atoms with Crippen molar-refractivity contribution in [2.24, 2.45) is 5.92 Å². The molecule has 0 unspecified atom stereocenters. The van der Waals surface area contributed by atoms with Gasteiger partial charge in [-0.15, -0.1) is 16.4 Å². The Labute approximate surface area is 157 Å². The third kappa shape index (κ3) is 3.47. The second-order valence-corrected chi connectivity index (χ2v) is 8.03. The predicted octanol–water partition coefficient (Wildman–Crippen LogP) is 4.82. The fourth-order valence-corrected chi connectivity index (χ4v) is 4.47. The first kappa shape index (κ1) is 16.7. The summed E-state index contributed by atoms with van der Waals surface area (Å²) in [7, 11) is 0. The van der Waals surface area contributed by atoms with E-state index in [-0.39, 0.29) is 0 Å². The molecular formula is C19H22N4S2. The average Bonchev–Trinajstić information content (AvgIpc) is 3.25. The van der Waals surface area contributed by atoms with Crippen molar-refractivity contribution in [2.75, 3.05) is 13.1 Å². The Hall–Kier alpha value is -1.76. The minimum Gasteiger partial charge on any atom is -0.284 e. The molecule has 4 rings (SSSR count). The maximum atomic E-state index is 5.81. The first-order valence-electron chi connectivity index (χ1n) is 8.74. The number of hydrogen-bond donors (Lipinski definition) is 0. The van der Waals surface area contributed by atoms with Crippen LogP contribution in [0.25, 0.3) is 16.4 Å². The molecule has 0 radical (unpaired) electrons. The third-order valence-corrected chi connectivity index (χ3v) is 5.93. The van der Waals surface area contributed by atoms with Crippen LogP contribution >= 0.6 is 23.6 Å². The van der Waals surface area contributed by atoms with Crippen LogP contribution < -0.4 is 0 Å². The molecule has 130 valence electrons. The van der Waals surface area contributed by atoms with E-state index in [9.17, 15) is 0 Å². The van der Waals surface area contributed by atoms with Crippen LogP contribution in [-0.2, 0) is 6.67 Å². The molecule has 1 atom stereocenters. The fraction of sp³-hybridized carbons (Fsp3) is 0.368. The highest BCUT2D eigenvalue weighted by molar-refractivity contribution is 7.71. The molecule has 0 saturated carbocycles. The number of benzene rings is 1. The zero-order chi connectivity index (χ0) is 17.2. The van der Waals surface area contributed by atoms with Crippen molar-refractivity contribution in [2.45, 2.75) is 26.4 Å². The minimum absolute atomic E-state index is 0.746. The molecule has 1 aromatic carbocycles. The van der Waals surface area contributed by atoms with Crippen molar-refractivity contribution in [3.63, 3.8) is 0 Å². The van der Waals surface area contributed by atoms with Gasteiger partial charge in [0.25, 0.3) is 0 Å². The van der Waals surface area contributed by atoms with Gasteiger partial charge in [0.1, 0.15) is 0 Å². The Morgan fingerprint density at radius 1 is 1.20 bits per heavy atom. The van der Waals surface area contributed by atoms with Crippen molar-refractivity contribution in [1.29, 1.82) is 0 Å². The Morgan fingerprint density at radius 3 is 2.76 bits per heavy atom. The molecule has 1 saturated heterocycles. The molecule has 0 N–H and O–H groups in total. The van der Waals surface area contributed by atoms with Crippen molar-refractivity contribution >= 4 is 23.6 Å². The minimum atomic E-state index is 0.746. The molecule has 0 amide bonds. The van der Waals surface area contributed by atoms with Gasteiger partial charge in [-0.25, -0.2) is 4.68 Å². The van der Waals surface area contributed by atoms with Crippen LogP contribution in [0.5, 0.6) is 0 Å². The van der Waals surface area contributed by atoms with Crippen molar-refractivity contribution < 1.29 is 0 Å².